The van der Waals surface area contributed by atoms with Crippen LogP contribution in [0.25, 0.3) is 6.08 Å². The van der Waals surface area contributed by atoms with Crippen molar-refractivity contribution in [3.8, 4) is 6.07 Å². The van der Waals surface area contributed by atoms with E-state index in [0.29, 0.717) is 5.69 Å². The Morgan fingerprint density at radius 1 is 1.29 bits per heavy atom. The Morgan fingerprint density at radius 2 is 2.05 bits per heavy atom. The van der Waals surface area contributed by atoms with Crippen LogP contribution in [0.5, 0.6) is 0 Å². The smallest absolute Gasteiger partial charge is 0.262 e. The average molecular weight is 281 g/mol. The molecular weight excluding hydrogens is 269 g/mol. The van der Waals surface area contributed by atoms with Crippen LogP contribution in [0.15, 0.2) is 54.2 Å². The molecule has 0 atom stereocenters. The summed E-state index contributed by atoms with van der Waals surface area (Å²) in [5, 5.41) is 11.6. The van der Waals surface area contributed by atoms with Gasteiger partial charge in [-0.15, -0.1) is 0 Å². The molecule has 1 aromatic carbocycles. The van der Waals surface area contributed by atoms with Crippen molar-refractivity contribution in [2.75, 3.05) is 0 Å². The van der Waals surface area contributed by atoms with Crippen LogP contribution in [-0.4, -0.2) is 10.9 Å². The summed E-state index contributed by atoms with van der Waals surface area (Å²) in [5.41, 5.74) is 0.715. The molecule has 2 rings (SSSR count). The van der Waals surface area contributed by atoms with Crippen LogP contribution in [0.1, 0.15) is 11.3 Å². The number of hydrogen-bond donors (Lipinski definition) is 1. The third-order valence-electron chi connectivity index (χ3n) is 2.73. The van der Waals surface area contributed by atoms with Crippen LogP contribution < -0.4 is 5.32 Å². The molecule has 21 heavy (non-hydrogen) atoms. The van der Waals surface area contributed by atoms with Gasteiger partial charge in [-0.05, 0) is 24.3 Å². The lowest BCUT2D eigenvalue weighted by molar-refractivity contribution is -0.117. The third-order valence-corrected chi connectivity index (χ3v) is 2.73. The first-order valence-electron chi connectivity index (χ1n) is 6.25. The molecule has 0 spiro atoms. The summed E-state index contributed by atoms with van der Waals surface area (Å²) >= 11 is 0. The zero-order valence-corrected chi connectivity index (χ0v) is 11.1. The second-order valence-electron chi connectivity index (χ2n) is 4.20. The van der Waals surface area contributed by atoms with Crippen molar-refractivity contribution in [2.45, 2.75) is 6.54 Å². The second-order valence-corrected chi connectivity index (χ2v) is 4.20. The molecule has 1 amide bonds. The zero-order chi connectivity index (χ0) is 15.1. The molecule has 0 fully saturated rings. The number of pyridine rings is 1. The van der Waals surface area contributed by atoms with Gasteiger partial charge in [0.25, 0.3) is 5.91 Å². The standard InChI is InChI=1S/C16H12FN3O/c17-15-7-2-1-5-12(15)9-13(10-18)16(21)20-11-14-6-3-4-8-19-14/h1-9H,11H2,(H,20,21). The molecule has 0 aliphatic rings. The summed E-state index contributed by atoms with van der Waals surface area (Å²) in [6, 6.07) is 13.0. The van der Waals surface area contributed by atoms with Gasteiger partial charge < -0.3 is 5.32 Å². The van der Waals surface area contributed by atoms with Gasteiger partial charge >= 0.3 is 0 Å². The molecule has 0 radical (unpaired) electrons. The first-order valence-corrected chi connectivity index (χ1v) is 6.25. The maximum Gasteiger partial charge on any atom is 0.262 e. The van der Waals surface area contributed by atoms with Gasteiger partial charge in [-0.25, -0.2) is 4.39 Å². The Morgan fingerprint density at radius 3 is 2.71 bits per heavy atom. The van der Waals surface area contributed by atoms with Crippen molar-refractivity contribution in [3.05, 3.63) is 71.3 Å². The highest BCUT2D eigenvalue weighted by molar-refractivity contribution is 6.01. The molecule has 0 aliphatic heterocycles. The highest BCUT2D eigenvalue weighted by Gasteiger charge is 2.10. The molecule has 0 saturated carbocycles. The number of rotatable bonds is 4. The average Bonchev–Trinajstić information content (AvgIpc) is 2.53. The second kappa shape index (κ2) is 6.96. The number of halogens is 1. The highest BCUT2D eigenvalue weighted by Crippen LogP contribution is 2.11. The Balaban J connectivity index is 2.09. The van der Waals surface area contributed by atoms with Crippen molar-refractivity contribution < 1.29 is 9.18 Å². The van der Waals surface area contributed by atoms with Gasteiger partial charge in [-0.3, -0.25) is 9.78 Å². The summed E-state index contributed by atoms with van der Waals surface area (Å²) < 4.78 is 13.5. The summed E-state index contributed by atoms with van der Waals surface area (Å²) in [4.78, 5) is 16.0. The topological polar surface area (TPSA) is 65.8 Å². The van der Waals surface area contributed by atoms with E-state index in [1.807, 2.05) is 0 Å². The van der Waals surface area contributed by atoms with Crippen molar-refractivity contribution in [3.63, 3.8) is 0 Å². The molecule has 2 aromatic rings. The fourth-order valence-electron chi connectivity index (χ4n) is 1.67. The number of nitrogens with zero attached hydrogens (tertiary/aromatic N) is 2. The lowest BCUT2D eigenvalue weighted by atomic mass is 10.1. The molecule has 5 heteroatoms. The number of nitriles is 1. The van der Waals surface area contributed by atoms with E-state index in [0.717, 1.165) is 0 Å². The van der Waals surface area contributed by atoms with Gasteiger partial charge in [-0.1, -0.05) is 24.3 Å². The van der Waals surface area contributed by atoms with Crippen LogP contribution >= 0.6 is 0 Å². The minimum Gasteiger partial charge on any atom is -0.346 e. The molecule has 104 valence electrons. The number of carbonyl (C=O) groups is 1. The summed E-state index contributed by atoms with van der Waals surface area (Å²) in [6.45, 7) is 0.204. The molecule has 0 aliphatic carbocycles. The van der Waals surface area contributed by atoms with Crippen LogP contribution in [-0.2, 0) is 11.3 Å². The minimum atomic E-state index is -0.564. The van der Waals surface area contributed by atoms with Crippen LogP contribution in [0.4, 0.5) is 4.39 Å². The van der Waals surface area contributed by atoms with Crippen LogP contribution in [0, 0.1) is 17.1 Å². The predicted octanol–water partition coefficient (Wildman–Crippen LogP) is 2.44. The quantitative estimate of drug-likeness (QED) is 0.691. The molecule has 0 unspecified atom stereocenters. The number of nitrogens with one attached hydrogen (secondary N) is 1. The van der Waals surface area contributed by atoms with E-state index in [1.54, 1.807) is 42.6 Å². The number of aromatic nitrogens is 1. The fourth-order valence-corrected chi connectivity index (χ4v) is 1.67. The Labute approximate surface area is 121 Å². The third kappa shape index (κ3) is 3.98. The van der Waals surface area contributed by atoms with Gasteiger partial charge in [0.2, 0.25) is 0 Å². The monoisotopic (exact) mass is 281 g/mol. The lowest BCUT2D eigenvalue weighted by Crippen LogP contribution is -2.24. The molecule has 0 bridgehead atoms. The van der Waals surface area contributed by atoms with E-state index >= 15 is 0 Å². The Kier molecular flexibility index (Phi) is 4.78. The van der Waals surface area contributed by atoms with E-state index in [1.165, 1.54) is 18.2 Å². The van der Waals surface area contributed by atoms with E-state index in [2.05, 4.69) is 10.3 Å². The van der Waals surface area contributed by atoms with Gasteiger partial charge in [0.05, 0.1) is 12.2 Å². The molecule has 4 nitrogen and oxygen atoms in total. The lowest BCUT2D eigenvalue weighted by Gasteiger charge is -2.04. The fraction of sp³-hybridized carbons (Fsp3) is 0.0625. The Bertz CT molecular complexity index is 705. The van der Waals surface area contributed by atoms with Crippen LogP contribution in [0.2, 0.25) is 0 Å². The van der Waals surface area contributed by atoms with Crippen molar-refractivity contribution in [2.24, 2.45) is 0 Å². The molecular formula is C16H12FN3O. The number of benzene rings is 1. The van der Waals surface area contributed by atoms with Gasteiger partial charge in [0.1, 0.15) is 17.5 Å². The van der Waals surface area contributed by atoms with Gasteiger partial charge in [0, 0.05) is 11.8 Å². The minimum absolute atomic E-state index is 0.156. The number of amides is 1. The molecule has 1 N–H and O–H groups in total. The van der Waals surface area contributed by atoms with Gasteiger partial charge in [0.15, 0.2) is 0 Å². The van der Waals surface area contributed by atoms with E-state index in [4.69, 9.17) is 5.26 Å². The van der Waals surface area contributed by atoms with Crippen molar-refractivity contribution in [1.29, 1.82) is 5.26 Å². The SMILES string of the molecule is N#CC(=Cc1ccccc1F)C(=O)NCc1ccccn1. The first-order chi connectivity index (χ1) is 10.2. The van der Waals surface area contributed by atoms with Crippen molar-refractivity contribution >= 4 is 12.0 Å². The van der Waals surface area contributed by atoms with Crippen LogP contribution in [0.3, 0.4) is 0 Å². The van der Waals surface area contributed by atoms with Crippen molar-refractivity contribution in [1.82, 2.24) is 10.3 Å². The normalized spacial score (nSPS) is 10.8. The molecule has 0 saturated heterocycles. The van der Waals surface area contributed by atoms with E-state index < -0.39 is 11.7 Å². The number of carbonyl (C=O) groups excluding carboxylic acids is 1. The van der Waals surface area contributed by atoms with E-state index in [9.17, 15) is 9.18 Å². The maximum atomic E-state index is 13.5. The molecule has 1 aromatic heterocycles. The predicted molar refractivity (Wildman–Crippen MR) is 76.1 cm³/mol. The summed E-state index contributed by atoms with van der Waals surface area (Å²) in [6.07, 6.45) is 2.84. The highest BCUT2D eigenvalue weighted by atomic mass is 19.1. The summed E-state index contributed by atoms with van der Waals surface area (Å²) in [5.74, 6) is -1.05. The van der Waals surface area contributed by atoms with E-state index in [-0.39, 0.29) is 17.7 Å². The zero-order valence-electron chi connectivity index (χ0n) is 11.1. The summed E-state index contributed by atoms with van der Waals surface area (Å²) in [7, 11) is 0. The number of hydrogen-bond acceptors (Lipinski definition) is 3. The first kappa shape index (κ1) is 14.4. The largest absolute Gasteiger partial charge is 0.346 e. The van der Waals surface area contributed by atoms with Gasteiger partial charge in [-0.2, -0.15) is 5.26 Å². The Hall–Kier alpha value is -3.00. The molecule has 1 heterocycles. The maximum absolute atomic E-state index is 13.5.